The zero-order valence-corrected chi connectivity index (χ0v) is 9.45. The molecule has 1 aliphatic carbocycles. The van der Waals surface area contributed by atoms with Crippen molar-refractivity contribution in [3.8, 4) is 11.8 Å². The van der Waals surface area contributed by atoms with E-state index in [1.165, 1.54) is 6.42 Å². The Hall–Kier alpha value is -1.00. The fourth-order valence-corrected chi connectivity index (χ4v) is 1.61. The van der Waals surface area contributed by atoms with Gasteiger partial charge < -0.3 is 5.11 Å². The molecule has 0 radical (unpaired) electrons. The van der Waals surface area contributed by atoms with Gasteiger partial charge in [0.25, 0.3) is 0 Å². The standard InChI is InChI=1S/C14H20O/c1-2-3-4-8-11-14(15)12-13-9-6-5-7-10-13/h5-7,9,13-15H,2-4,10,12H2,1H3. The Kier molecular flexibility index (Phi) is 5.88. The normalized spacial score (nSPS) is 20.8. The van der Waals surface area contributed by atoms with Gasteiger partial charge in [-0.15, -0.1) is 5.92 Å². The number of hydrogen-bond acceptors (Lipinski definition) is 1. The summed E-state index contributed by atoms with van der Waals surface area (Å²) in [5, 5.41) is 9.67. The van der Waals surface area contributed by atoms with Crippen molar-refractivity contribution in [1.82, 2.24) is 0 Å². The first-order valence-corrected chi connectivity index (χ1v) is 5.82. The molecule has 0 fully saturated rings. The summed E-state index contributed by atoms with van der Waals surface area (Å²) in [4.78, 5) is 0. The minimum absolute atomic E-state index is 0.456. The molecule has 0 aromatic rings. The van der Waals surface area contributed by atoms with Gasteiger partial charge in [-0.1, -0.05) is 43.6 Å². The second-order valence-electron chi connectivity index (χ2n) is 3.99. The van der Waals surface area contributed by atoms with Crippen molar-refractivity contribution in [3.05, 3.63) is 24.3 Å². The van der Waals surface area contributed by atoms with E-state index in [1.807, 2.05) is 6.08 Å². The molecule has 1 heteroatoms. The molecule has 2 unspecified atom stereocenters. The molecule has 1 rings (SSSR count). The van der Waals surface area contributed by atoms with E-state index in [9.17, 15) is 5.11 Å². The Morgan fingerprint density at radius 3 is 3.00 bits per heavy atom. The fourth-order valence-electron chi connectivity index (χ4n) is 1.61. The average Bonchev–Trinajstić information content (AvgIpc) is 2.26. The number of aliphatic hydroxyl groups excluding tert-OH is 1. The molecule has 0 aromatic heterocycles. The van der Waals surface area contributed by atoms with Crippen molar-refractivity contribution >= 4 is 0 Å². The minimum Gasteiger partial charge on any atom is -0.380 e. The van der Waals surface area contributed by atoms with Gasteiger partial charge in [0, 0.05) is 6.42 Å². The first-order valence-electron chi connectivity index (χ1n) is 5.82. The third-order valence-corrected chi connectivity index (χ3v) is 2.52. The lowest BCUT2D eigenvalue weighted by molar-refractivity contribution is 0.205. The molecule has 0 saturated carbocycles. The highest BCUT2D eigenvalue weighted by Crippen LogP contribution is 2.17. The molecule has 15 heavy (non-hydrogen) atoms. The van der Waals surface area contributed by atoms with Crippen LogP contribution in [-0.2, 0) is 0 Å². The van der Waals surface area contributed by atoms with Crippen molar-refractivity contribution in [2.24, 2.45) is 5.92 Å². The van der Waals surface area contributed by atoms with Crippen LogP contribution in [-0.4, -0.2) is 11.2 Å². The largest absolute Gasteiger partial charge is 0.380 e. The molecule has 0 heterocycles. The second-order valence-corrected chi connectivity index (χ2v) is 3.99. The second kappa shape index (κ2) is 7.31. The van der Waals surface area contributed by atoms with Crippen LogP contribution in [0.25, 0.3) is 0 Å². The van der Waals surface area contributed by atoms with E-state index >= 15 is 0 Å². The van der Waals surface area contributed by atoms with Gasteiger partial charge in [0.1, 0.15) is 6.10 Å². The van der Waals surface area contributed by atoms with Gasteiger partial charge in [0.2, 0.25) is 0 Å². The Labute approximate surface area is 92.9 Å². The van der Waals surface area contributed by atoms with Gasteiger partial charge in [0.05, 0.1) is 0 Å². The molecule has 1 N–H and O–H groups in total. The van der Waals surface area contributed by atoms with Crippen LogP contribution in [0.5, 0.6) is 0 Å². The highest BCUT2D eigenvalue weighted by atomic mass is 16.3. The van der Waals surface area contributed by atoms with Crippen LogP contribution in [0.2, 0.25) is 0 Å². The maximum atomic E-state index is 9.67. The Morgan fingerprint density at radius 2 is 2.33 bits per heavy atom. The van der Waals surface area contributed by atoms with Crippen LogP contribution in [0.15, 0.2) is 24.3 Å². The summed E-state index contributed by atoms with van der Waals surface area (Å²) >= 11 is 0. The molecule has 0 spiro atoms. The van der Waals surface area contributed by atoms with Crippen LogP contribution >= 0.6 is 0 Å². The van der Waals surface area contributed by atoms with Crippen molar-refractivity contribution in [2.75, 3.05) is 0 Å². The lowest BCUT2D eigenvalue weighted by atomic mass is 9.94. The maximum absolute atomic E-state index is 9.67. The van der Waals surface area contributed by atoms with E-state index < -0.39 is 6.10 Å². The number of rotatable bonds is 4. The average molecular weight is 204 g/mol. The molecule has 0 aromatic carbocycles. The first-order chi connectivity index (χ1) is 7.33. The van der Waals surface area contributed by atoms with Crippen molar-refractivity contribution in [3.63, 3.8) is 0 Å². The third kappa shape index (κ3) is 5.44. The van der Waals surface area contributed by atoms with Crippen molar-refractivity contribution in [2.45, 2.75) is 45.1 Å². The highest BCUT2D eigenvalue weighted by Gasteiger charge is 2.09. The minimum atomic E-state index is -0.456. The quantitative estimate of drug-likeness (QED) is 0.551. The van der Waals surface area contributed by atoms with Crippen LogP contribution in [0.1, 0.15) is 39.0 Å². The van der Waals surface area contributed by atoms with Crippen LogP contribution < -0.4 is 0 Å². The summed E-state index contributed by atoms with van der Waals surface area (Å²) in [6.07, 6.45) is 12.9. The molecule has 1 nitrogen and oxygen atoms in total. The van der Waals surface area contributed by atoms with Gasteiger partial charge in [-0.3, -0.25) is 0 Å². The summed E-state index contributed by atoms with van der Waals surface area (Å²) in [6.45, 7) is 2.15. The van der Waals surface area contributed by atoms with Crippen LogP contribution in [0, 0.1) is 17.8 Å². The monoisotopic (exact) mass is 204 g/mol. The number of hydrogen-bond donors (Lipinski definition) is 1. The van der Waals surface area contributed by atoms with Gasteiger partial charge in [0.15, 0.2) is 0 Å². The first kappa shape index (κ1) is 12.1. The number of aliphatic hydroxyl groups is 1. The number of unbranched alkanes of at least 4 members (excludes halogenated alkanes) is 2. The van der Waals surface area contributed by atoms with Gasteiger partial charge >= 0.3 is 0 Å². The topological polar surface area (TPSA) is 20.2 Å². The van der Waals surface area contributed by atoms with Crippen LogP contribution in [0.4, 0.5) is 0 Å². The lowest BCUT2D eigenvalue weighted by Crippen LogP contribution is -2.10. The molecule has 0 saturated heterocycles. The lowest BCUT2D eigenvalue weighted by Gasteiger charge is -2.13. The molecule has 0 amide bonds. The van der Waals surface area contributed by atoms with E-state index in [4.69, 9.17) is 0 Å². The zero-order chi connectivity index (χ0) is 10.9. The van der Waals surface area contributed by atoms with Gasteiger partial charge in [-0.25, -0.2) is 0 Å². The molecule has 1 aliphatic rings. The molecule has 0 bridgehead atoms. The molecule has 0 aliphatic heterocycles. The van der Waals surface area contributed by atoms with Gasteiger partial charge in [-0.05, 0) is 25.2 Å². The van der Waals surface area contributed by atoms with E-state index in [-0.39, 0.29) is 0 Å². The predicted octanol–water partition coefficient (Wildman–Crippen LogP) is 3.06. The van der Waals surface area contributed by atoms with E-state index in [2.05, 4.69) is 37.0 Å². The SMILES string of the molecule is CCCCC#CC(O)CC1C=CC=CC1. The van der Waals surface area contributed by atoms with Crippen molar-refractivity contribution in [1.29, 1.82) is 0 Å². The molecular weight excluding hydrogens is 184 g/mol. The predicted molar refractivity (Wildman–Crippen MR) is 64.3 cm³/mol. The summed E-state index contributed by atoms with van der Waals surface area (Å²) < 4.78 is 0. The summed E-state index contributed by atoms with van der Waals surface area (Å²) in [7, 11) is 0. The third-order valence-electron chi connectivity index (χ3n) is 2.52. The van der Waals surface area contributed by atoms with E-state index in [1.54, 1.807) is 0 Å². The number of allylic oxidation sites excluding steroid dienone is 4. The molecular formula is C14H20O. The van der Waals surface area contributed by atoms with Gasteiger partial charge in [-0.2, -0.15) is 0 Å². The van der Waals surface area contributed by atoms with Crippen LogP contribution in [0.3, 0.4) is 0 Å². The Morgan fingerprint density at radius 1 is 1.47 bits per heavy atom. The summed E-state index contributed by atoms with van der Waals surface area (Å²) in [6, 6.07) is 0. The Balaban J connectivity index is 2.22. The summed E-state index contributed by atoms with van der Waals surface area (Å²) in [5.74, 6) is 6.41. The van der Waals surface area contributed by atoms with Crippen molar-refractivity contribution < 1.29 is 5.11 Å². The fraction of sp³-hybridized carbons (Fsp3) is 0.571. The Bertz CT molecular complexity index is 277. The smallest absolute Gasteiger partial charge is 0.115 e. The van der Waals surface area contributed by atoms with E-state index in [0.717, 1.165) is 25.7 Å². The highest BCUT2D eigenvalue weighted by molar-refractivity contribution is 5.13. The molecule has 2 atom stereocenters. The van der Waals surface area contributed by atoms with E-state index in [0.29, 0.717) is 5.92 Å². The maximum Gasteiger partial charge on any atom is 0.115 e. The summed E-state index contributed by atoms with van der Waals surface area (Å²) in [5.41, 5.74) is 0. The molecule has 82 valence electrons. The zero-order valence-electron chi connectivity index (χ0n) is 9.45.